The molecule has 2 aromatic rings. The van der Waals surface area contributed by atoms with E-state index in [-0.39, 0.29) is 12.1 Å². The Morgan fingerprint density at radius 2 is 1.78 bits per heavy atom. The molecule has 1 saturated heterocycles. The van der Waals surface area contributed by atoms with Gasteiger partial charge in [0, 0.05) is 51.7 Å². The minimum Gasteiger partial charge on any atom is -0.334 e. The molecular weight excluding hydrogens is 336 g/mol. The number of carbonyl (C=O) groups excluding carboxylic acids is 1. The predicted molar refractivity (Wildman–Crippen MR) is 108 cm³/mol. The molecule has 1 aromatic carbocycles. The van der Waals surface area contributed by atoms with Gasteiger partial charge in [0.2, 0.25) is 0 Å². The Labute approximate surface area is 162 Å². The summed E-state index contributed by atoms with van der Waals surface area (Å²) in [7, 11) is 1.92. The summed E-state index contributed by atoms with van der Waals surface area (Å²) in [6.07, 6.45) is 3.53. The topological polar surface area (TPSA) is 48.5 Å². The van der Waals surface area contributed by atoms with Crippen LogP contribution in [0.5, 0.6) is 0 Å². The molecule has 144 valence electrons. The Kier molecular flexibility index (Phi) is 6.45. The molecule has 0 bridgehead atoms. The van der Waals surface area contributed by atoms with Gasteiger partial charge in [-0.25, -0.2) is 4.79 Å². The van der Waals surface area contributed by atoms with Crippen molar-refractivity contribution in [3.05, 3.63) is 66.0 Å². The van der Waals surface area contributed by atoms with E-state index in [1.54, 1.807) is 12.4 Å². The quantitative estimate of drug-likeness (QED) is 0.882. The first-order chi connectivity index (χ1) is 13.0. The van der Waals surface area contributed by atoms with E-state index in [0.717, 1.165) is 25.2 Å². The second kappa shape index (κ2) is 9.00. The fourth-order valence-electron chi connectivity index (χ4n) is 4.34. The van der Waals surface area contributed by atoms with Crippen LogP contribution in [0.3, 0.4) is 0 Å². The Bertz CT molecular complexity index is 710. The molecular formula is C22H30N4O. The van der Waals surface area contributed by atoms with Gasteiger partial charge in [0.25, 0.3) is 0 Å². The van der Waals surface area contributed by atoms with Crippen LogP contribution < -0.4 is 5.32 Å². The highest BCUT2D eigenvalue weighted by molar-refractivity contribution is 5.74. The van der Waals surface area contributed by atoms with Crippen molar-refractivity contribution in [3.8, 4) is 0 Å². The molecule has 0 radical (unpaired) electrons. The largest absolute Gasteiger partial charge is 0.334 e. The van der Waals surface area contributed by atoms with Crippen LogP contribution in [0.2, 0.25) is 0 Å². The molecule has 3 atom stereocenters. The molecule has 5 nitrogen and oxygen atoms in total. The van der Waals surface area contributed by atoms with Gasteiger partial charge >= 0.3 is 6.03 Å². The van der Waals surface area contributed by atoms with Gasteiger partial charge in [-0.2, -0.15) is 0 Å². The lowest BCUT2D eigenvalue weighted by molar-refractivity contribution is 0.0479. The van der Waals surface area contributed by atoms with Gasteiger partial charge in [0.1, 0.15) is 0 Å². The summed E-state index contributed by atoms with van der Waals surface area (Å²) < 4.78 is 0. The molecule has 2 amide bonds. The number of likely N-dealkylation sites (tertiary alicyclic amines) is 1. The molecule has 1 N–H and O–H groups in total. The Hall–Kier alpha value is -2.40. The second-order valence-electron chi connectivity index (χ2n) is 7.76. The summed E-state index contributed by atoms with van der Waals surface area (Å²) in [6, 6.07) is 14.7. The summed E-state index contributed by atoms with van der Waals surface area (Å²) in [5.41, 5.74) is 2.36. The maximum absolute atomic E-state index is 12.7. The SMILES string of the molecule is C[C@@H]1CN(Cc2ccccc2)C[C@H](C)C1N(C)C(=O)NCc1cccnc1. The van der Waals surface area contributed by atoms with Crippen LogP contribution >= 0.6 is 0 Å². The number of pyridine rings is 1. The maximum atomic E-state index is 12.7. The number of hydrogen-bond acceptors (Lipinski definition) is 3. The van der Waals surface area contributed by atoms with Crippen molar-refractivity contribution >= 4 is 6.03 Å². The van der Waals surface area contributed by atoms with Crippen LogP contribution in [-0.4, -0.2) is 47.0 Å². The average molecular weight is 367 g/mol. The van der Waals surface area contributed by atoms with Crippen LogP contribution in [0.1, 0.15) is 25.0 Å². The zero-order valence-corrected chi connectivity index (χ0v) is 16.5. The number of benzene rings is 1. The number of rotatable bonds is 5. The third kappa shape index (κ3) is 5.07. The fraction of sp³-hybridized carbons (Fsp3) is 0.455. The Balaban J connectivity index is 1.55. The first kappa shape index (κ1) is 19.4. The van der Waals surface area contributed by atoms with Crippen LogP contribution in [0.25, 0.3) is 0 Å². The van der Waals surface area contributed by atoms with E-state index >= 15 is 0 Å². The minimum atomic E-state index is -0.0148. The highest BCUT2D eigenvalue weighted by atomic mass is 16.2. The number of nitrogens with one attached hydrogen (secondary N) is 1. The van der Waals surface area contributed by atoms with Crippen LogP contribution in [-0.2, 0) is 13.1 Å². The van der Waals surface area contributed by atoms with Crippen molar-refractivity contribution < 1.29 is 4.79 Å². The standard InChI is InChI=1S/C22H30N4O/c1-17-14-26(16-19-8-5-4-6-9-19)15-18(2)21(17)25(3)22(27)24-13-20-10-7-11-23-12-20/h4-12,17-18,21H,13-16H2,1-3H3,(H,24,27)/t17-,18+,21?. The molecule has 0 aliphatic carbocycles. The van der Waals surface area contributed by atoms with Crippen molar-refractivity contribution in [3.63, 3.8) is 0 Å². The van der Waals surface area contributed by atoms with E-state index in [1.165, 1.54) is 5.56 Å². The monoisotopic (exact) mass is 366 g/mol. The Morgan fingerprint density at radius 1 is 1.11 bits per heavy atom. The molecule has 0 spiro atoms. The van der Waals surface area contributed by atoms with Crippen LogP contribution in [0.4, 0.5) is 4.79 Å². The summed E-state index contributed by atoms with van der Waals surface area (Å²) in [5, 5.41) is 3.02. The summed E-state index contributed by atoms with van der Waals surface area (Å²) in [5.74, 6) is 0.846. The average Bonchev–Trinajstić information content (AvgIpc) is 2.67. The van der Waals surface area contributed by atoms with Crippen molar-refractivity contribution in [1.29, 1.82) is 0 Å². The summed E-state index contributed by atoms with van der Waals surface area (Å²) >= 11 is 0. The van der Waals surface area contributed by atoms with Gasteiger partial charge in [-0.05, 0) is 29.0 Å². The van der Waals surface area contributed by atoms with Gasteiger partial charge in [0.05, 0.1) is 0 Å². The predicted octanol–water partition coefficient (Wildman–Crippen LogP) is 3.38. The molecule has 1 fully saturated rings. The van der Waals surface area contributed by atoms with Gasteiger partial charge in [0.15, 0.2) is 0 Å². The number of urea groups is 1. The lowest BCUT2D eigenvalue weighted by Crippen LogP contribution is -2.56. The molecule has 1 unspecified atom stereocenters. The van der Waals surface area contributed by atoms with E-state index in [1.807, 2.05) is 24.1 Å². The van der Waals surface area contributed by atoms with Crippen LogP contribution in [0, 0.1) is 11.8 Å². The van der Waals surface area contributed by atoms with Crippen molar-refractivity contribution in [2.75, 3.05) is 20.1 Å². The first-order valence-electron chi connectivity index (χ1n) is 9.70. The van der Waals surface area contributed by atoms with Crippen molar-refractivity contribution in [2.24, 2.45) is 11.8 Å². The lowest BCUT2D eigenvalue weighted by Gasteiger charge is -2.45. The molecule has 27 heavy (non-hydrogen) atoms. The van der Waals surface area contributed by atoms with E-state index in [0.29, 0.717) is 18.4 Å². The molecule has 1 aromatic heterocycles. The van der Waals surface area contributed by atoms with Gasteiger partial charge < -0.3 is 10.2 Å². The van der Waals surface area contributed by atoms with Crippen LogP contribution in [0.15, 0.2) is 54.9 Å². The Morgan fingerprint density at radius 3 is 2.41 bits per heavy atom. The third-order valence-electron chi connectivity index (χ3n) is 5.44. The maximum Gasteiger partial charge on any atom is 0.317 e. The number of nitrogens with zero attached hydrogens (tertiary/aromatic N) is 3. The van der Waals surface area contributed by atoms with E-state index in [9.17, 15) is 4.79 Å². The number of amides is 2. The van der Waals surface area contributed by atoms with Gasteiger partial charge in [-0.1, -0.05) is 50.2 Å². The number of carbonyl (C=O) groups is 1. The zero-order chi connectivity index (χ0) is 19.2. The molecule has 3 rings (SSSR count). The minimum absolute atomic E-state index is 0.0148. The highest BCUT2D eigenvalue weighted by Gasteiger charge is 2.36. The first-order valence-corrected chi connectivity index (χ1v) is 9.70. The number of aromatic nitrogens is 1. The molecule has 2 heterocycles. The second-order valence-corrected chi connectivity index (χ2v) is 7.76. The number of piperidine rings is 1. The van der Waals surface area contributed by atoms with Crippen molar-refractivity contribution in [2.45, 2.75) is 33.0 Å². The zero-order valence-electron chi connectivity index (χ0n) is 16.5. The summed E-state index contributed by atoms with van der Waals surface area (Å²) in [4.78, 5) is 21.2. The number of hydrogen-bond donors (Lipinski definition) is 1. The smallest absolute Gasteiger partial charge is 0.317 e. The van der Waals surface area contributed by atoms with E-state index < -0.39 is 0 Å². The van der Waals surface area contributed by atoms with E-state index in [2.05, 4.69) is 59.4 Å². The van der Waals surface area contributed by atoms with Crippen molar-refractivity contribution in [1.82, 2.24) is 20.1 Å². The van der Waals surface area contributed by atoms with Gasteiger partial charge in [-0.3, -0.25) is 9.88 Å². The van der Waals surface area contributed by atoms with E-state index in [4.69, 9.17) is 0 Å². The highest BCUT2D eigenvalue weighted by Crippen LogP contribution is 2.27. The third-order valence-corrected chi connectivity index (χ3v) is 5.44. The lowest BCUT2D eigenvalue weighted by atomic mass is 9.84. The molecule has 5 heteroatoms. The molecule has 1 aliphatic rings. The fourth-order valence-corrected chi connectivity index (χ4v) is 4.34. The molecule has 0 saturated carbocycles. The van der Waals surface area contributed by atoms with Gasteiger partial charge in [-0.15, -0.1) is 0 Å². The normalized spacial score (nSPS) is 23.0. The molecule has 1 aliphatic heterocycles. The summed E-state index contributed by atoms with van der Waals surface area (Å²) in [6.45, 7) is 7.99.